The minimum absolute atomic E-state index is 0.0546. The molecule has 1 heterocycles. The first-order valence-electron chi connectivity index (χ1n) is 11.8. The fourth-order valence-corrected chi connectivity index (χ4v) is 6.96. The number of hydrogen-bond acceptors (Lipinski definition) is 3. The number of imide groups is 1. The molecule has 5 heteroatoms. The number of benzene rings is 3. The van der Waals surface area contributed by atoms with Crippen molar-refractivity contribution in [1.82, 2.24) is 0 Å². The lowest BCUT2D eigenvalue weighted by Crippen LogP contribution is -2.40. The molecular formula is C30H24ClNO3. The van der Waals surface area contributed by atoms with E-state index in [1.165, 1.54) is 4.90 Å². The van der Waals surface area contributed by atoms with E-state index in [1.54, 1.807) is 18.2 Å². The monoisotopic (exact) mass is 481 g/mol. The number of rotatable bonds is 3. The van der Waals surface area contributed by atoms with Crippen molar-refractivity contribution in [3.63, 3.8) is 0 Å². The third-order valence-electron chi connectivity index (χ3n) is 8.32. The maximum atomic E-state index is 14.2. The summed E-state index contributed by atoms with van der Waals surface area (Å²) >= 11 is 6.35. The summed E-state index contributed by atoms with van der Waals surface area (Å²) in [7, 11) is 0. The van der Waals surface area contributed by atoms with E-state index in [4.69, 9.17) is 11.6 Å². The van der Waals surface area contributed by atoms with E-state index in [0.29, 0.717) is 10.7 Å². The van der Waals surface area contributed by atoms with E-state index in [9.17, 15) is 14.4 Å². The molecule has 4 atom stereocenters. The minimum Gasteiger partial charge on any atom is -0.298 e. The highest BCUT2D eigenvalue weighted by Gasteiger charge is 2.78. The van der Waals surface area contributed by atoms with Crippen LogP contribution in [0.4, 0.5) is 5.69 Å². The lowest BCUT2D eigenvalue weighted by molar-refractivity contribution is -0.133. The molecule has 174 valence electrons. The lowest BCUT2D eigenvalue weighted by Gasteiger charge is -2.35. The van der Waals surface area contributed by atoms with E-state index in [0.717, 1.165) is 27.8 Å². The molecule has 1 aliphatic heterocycles. The molecule has 0 spiro atoms. The molecule has 1 saturated carbocycles. The number of allylic oxidation sites excluding steroid dienone is 2. The van der Waals surface area contributed by atoms with Gasteiger partial charge in [-0.2, -0.15) is 0 Å². The molecule has 6 rings (SSSR count). The molecule has 3 aromatic carbocycles. The van der Waals surface area contributed by atoms with Crippen molar-refractivity contribution in [1.29, 1.82) is 0 Å². The van der Waals surface area contributed by atoms with Gasteiger partial charge in [0.25, 0.3) is 0 Å². The van der Waals surface area contributed by atoms with Crippen LogP contribution in [0.2, 0.25) is 5.02 Å². The van der Waals surface area contributed by atoms with Gasteiger partial charge in [0.2, 0.25) is 11.8 Å². The Morgan fingerprint density at radius 2 is 1.17 bits per heavy atom. The highest BCUT2D eigenvalue weighted by atomic mass is 35.5. The molecule has 0 aromatic heterocycles. The summed E-state index contributed by atoms with van der Waals surface area (Å²) in [6.07, 6.45) is 0. The van der Waals surface area contributed by atoms with E-state index >= 15 is 0 Å². The number of fused-ring (bicyclic) bond motifs is 5. The Hall–Kier alpha value is -3.50. The van der Waals surface area contributed by atoms with Gasteiger partial charge in [-0.05, 0) is 60.7 Å². The number of anilines is 1. The van der Waals surface area contributed by atoms with Crippen LogP contribution in [-0.2, 0) is 14.4 Å². The Morgan fingerprint density at radius 3 is 1.60 bits per heavy atom. The van der Waals surface area contributed by atoms with Gasteiger partial charge >= 0.3 is 0 Å². The maximum absolute atomic E-state index is 14.2. The number of carbonyl (C=O) groups is 3. The van der Waals surface area contributed by atoms with E-state index in [-0.39, 0.29) is 17.6 Å². The van der Waals surface area contributed by atoms with Gasteiger partial charge in [-0.25, -0.2) is 4.90 Å². The first-order valence-corrected chi connectivity index (χ1v) is 12.1. The highest BCUT2D eigenvalue weighted by Crippen LogP contribution is 2.73. The smallest absolute Gasteiger partial charge is 0.239 e. The van der Waals surface area contributed by atoms with E-state index in [1.807, 2.05) is 81.4 Å². The molecule has 3 aromatic rings. The second-order valence-electron chi connectivity index (χ2n) is 10.1. The third kappa shape index (κ3) is 2.61. The summed E-state index contributed by atoms with van der Waals surface area (Å²) in [5, 5.41) is 0.490. The Bertz CT molecular complexity index is 1380. The predicted octanol–water partition coefficient (Wildman–Crippen LogP) is 5.97. The van der Waals surface area contributed by atoms with Crippen LogP contribution in [0.5, 0.6) is 0 Å². The molecule has 2 aliphatic carbocycles. The molecular weight excluding hydrogens is 458 g/mol. The van der Waals surface area contributed by atoms with Crippen LogP contribution >= 0.6 is 11.6 Å². The van der Waals surface area contributed by atoms with Crippen molar-refractivity contribution in [3.8, 4) is 0 Å². The lowest BCUT2D eigenvalue weighted by atomic mass is 9.63. The number of carbonyl (C=O) groups excluding carboxylic acids is 3. The van der Waals surface area contributed by atoms with Gasteiger partial charge in [0.15, 0.2) is 5.78 Å². The topological polar surface area (TPSA) is 54.5 Å². The Kier molecular flexibility index (Phi) is 4.56. The summed E-state index contributed by atoms with van der Waals surface area (Å²) in [6.45, 7) is 5.58. The zero-order valence-corrected chi connectivity index (χ0v) is 20.5. The third-order valence-corrected chi connectivity index (χ3v) is 8.73. The molecule has 4 unspecified atom stereocenters. The largest absolute Gasteiger partial charge is 0.298 e. The fraction of sp³-hybridized carbons (Fsp3) is 0.233. The molecule has 0 N–H and O–H groups in total. The molecule has 2 amide bonds. The van der Waals surface area contributed by atoms with Gasteiger partial charge in [0, 0.05) is 5.02 Å². The number of amides is 2. The van der Waals surface area contributed by atoms with Crippen molar-refractivity contribution in [2.75, 3.05) is 4.90 Å². The fourth-order valence-electron chi connectivity index (χ4n) is 6.79. The molecule has 2 fully saturated rings. The van der Waals surface area contributed by atoms with Gasteiger partial charge in [0.05, 0.1) is 28.4 Å². The standard InChI is InChI=1S/C30H24ClNO3/c1-17-14-15-20(16-21(17)31)32-26(33)24-25(27(32)34)30(3)23(19-12-8-5-9-13-19)22(29(24,2)28(30)35)18-10-6-4-7-11-18/h4-16,24-25H,1-3H3. The Morgan fingerprint density at radius 1 is 0.714 bits per heavy atom. The number of Topliss-reactive ketones (excluding diaryl/α,β-unsaturated/α-hetero) is 1. The second-order valence-corrected chi connectivity index (χ2v) is 10.5. The Labute approximate surface area is 209 Å². The normalized spacial score (nSPS) is 29.4. The van der Waals surface area contributed by atoms with Gasteiger partial charge in [-0.1, -0.05) is 78.3 Å². The van der Waals surface area contributed by atoms with Crippen LogP contribution in [0.25, 0.3) is 11.1 Å². The molecule has 1 saturated heterocycles. The number of hydrogen-bond donors (Lipinski definition) is 0. The quantitative estimate of drug-likeness (QED) is 0.433. The maximum Gasteiger partial charge on any atom is 0.239 e. The Balaban J connectivity index is 1.61. The van der Waals surface area contributed by atoms with Gasteiger partial charge in [-0.3, -0.25) is 14.4 Å². The van der Waals surface area contributed by atoms with Crippen LogP contribution in [-0.4, -0.2) is 17.6 Å². The van der Waals surface area contributed by atoms with E-state index in [2.05, 4.69) is 0 Å². The average Bonchev–Trinajstić information content (AvgIpc) is 3.31. The van der Waals surface area contributed by atoms with Crippen LogP contribution in [0.15, 0.2) is 78.9 Å². The predicted molar refractivity (Wildman–Crippen MR) is 137 cm³/mol. The first-order chi connectivity index (χ1) is 16.7. The molecule has 2 bridgehead atoms. The number of aryl methyl sites for hydroxylation is 1. The minimum atomic E-state index is -1.12. The summed E-state index contributed by atoms with van der Waals surface area (Å²) in [6, 6.07) is 24.7. The van der Waals surface area contributed by atoms with Gasteiger partial charge in [-0.15, -0.1) is 0 Å². The molecule has 0 radical (unpaired) electrons. The summed E-state index contributed by atoms with van der Waals surface area (Å²) < 4.78 is 0. The first kappa shape index (κ1) is 22.0. The van der Waals surface area contributed by atoms with E-state index < -0.39 is 22.7 Å². The molecule has 35 heavy (non-hydrogen) atoms. The van der Waals surface area contributed by atoms with Crippen LogP contribution < -0.4 is 4.90 Å². The summed E-state index contributed by atoms with van der Waals surface area (Å²) in [5.41, 5.74) is 2.58. The zero-order chi connectivity index (χ0) is 24.7. The SMILES string of the molecule is Cc1ccc(N2C(=O)C3C(C2=O)C2(C)C(=O)C3(C)C(c3ccccc3)=C2c2ccccc2)cc1Cl. The summed E-state index contributed by atoms with van der Waals surface area (Å²) in [5.74, 6) is -2.26. The molecule has 3 aliphatic rings. The van der Waals surface area contributed by atoms with Crippen LogP contribution in [0.1, 0.15) is 30.5 Å². The van der Waals surface area contributed by atoms with Crippen LogP contribution in [0.3, 0.4) is 0 Å². The second kappa shape index (κ2) is 7.25. The number of ketones is 1. The number of nitrogens with zero attached hydrogens (tertiary/aromatic N) is 1. The molecule has 4 nitrogen and oxygen atoms in total. The van der Waals surface area contributed by atoms with Crippen molar-refractivity contribution in [2.45, 2.75) is 20.8 Å². The van der Waals surface area contributed by atoms with Gasteiger partial charge < -0.3 is 0 Å². The van der Waals surface area contributed by atoms with Crippen molar-refractivity contribution < 1.29 is 14.4 Å². The van der Waals surface area contributed by atoms with Crippen molar-refractivity contribution >= 4 is 46.0 Å². The number of halogens is 1. The average molecular weight is 482 g/mol. The highest BCUT2D eigenvalue weighted by molar-refractivity contribution is 6.35. The van der Waals surface area contributed by atoms with Crippen molar-refractivity contribution in [2.24, 2.45) is 22.7 Å². The van der Waals surface area contributed by atoms with Crippen molar-refractivity contribution in [3.05, 3.63) is 101 Å². The summed E-state index contributed by atoms with van der Waals surface area (Å²) in [4.78, 5) is 43.5. The van der Waals surface area contributed by atoms with Crippen LogP contribution in [0, 0.1) is 29.6 Å². The van der Waals surface area contributed by atoms with Gasteiger partial charge in [0.1, 0.15) is 0 Å². The zero-order valence-electron chi connectivity index (χ0n) is 19.7.